The van der Waals surface area contributed by atoms with Gasteiger partial charge >= 0.3 is 0 Å². The lowest BCUT2D eigenvalue weighted by atomic mass is 10.2. The standard InChI is InChI=1S/C14H22N2O.ClH/c1-2-8-17-14-5-3-4-12(9-14)10-16-7-6-13(15)11-16;/h3-5,9,13H,2,6-8,10-11,15H2,1H3;1H. The van der Waals surface area contributed by atoms with Gasteiger partial charge in [0.1, 0.15) is 5.75 Å². The highest BCUT2D eigenvalue weighted by atomic mass is 35.5. The van der Waals surface area contributed by atoms with E-state index >= 15 is 0 Å². The van der Waals surface area contributed by atoms with Crippen LogP contribution >= 0.6 is 12.4 Å². The van der Waals surface area contributed by atoms with Crippen molar-refractivity contribution in [1.82, 2.24) is 4.90 Å². The molecule has 0 aliphatic carbocycles. The first kappa shape index (κ1) is 15.3. The maximum atomic E-state index is 5.91. The average Bonchev–Trinajstić information content (AvgIpc) is 2.73. The molecule has 0 bridgehead atoms. The van der Waals surface area contributed by atoms with Crippen LogP contribution in [0.4, 0.5) is 0 Å². The average molecular weight is 271 g/mol. The van der Waals surface area contributed by atoms with E-state index in [2.05, 4.69) is 30.0 Å². The second-order valence-corrected chi connectivity index (χ2v) is 4.78. The van der Waals surface area contributed by atoms with Crippen molar-refractivity contribution >= 4 is 12.4 Å². The second kappa shape index (κ2) is 7.62. The molecule has 102 valence electrons. The maximum Gasteiger partial charge on any atom is 0.119 e. The van der Waals surface area contributed by atoms with Crippen molar-refractivity contribution < 1.29 is 4.74 Å². The summed E-state index contributed by atoms with van der Waals surface area (Å²) in [5.74, 6) is 0.979. The minimum absolute atomic E-state index is 0. The van der Waals surface area contributed by atoms with Crippen LogP contribution in [0.15, 0.2) is 24.3 Å². The van der Waals surface area contributed by atoms with E-state index in [0.717, 1.165) is 44.8 Å². The molecule has 1 fully saturated rings. The SMILES string of the molecule is CCCOc1cccc(CN2CCC(N)C2)c1.Cl. The second-order valence-electron chi connectivity index (χ2n) is 4.78. The third kappa shape index (κ3) is 4.48. The van der Waals surface area contributed by atoms with Gasteiger partial charge in [-0.3, -0.25) is 4.90 Å². The van der Waals surface area contributed by atoms with Crippen LogP contribution < -0.4 is 10.5 Å². The molecule has 1 saturated heterocycles. The van der Waals surface area contributed by atoms with E-state index in [9.17, 15) is 0 Å². The Balaban J connectivity index is 0.00000162. The Morgan fingerprint density at radius 1 is 1.44 bits per heavy atom. The number of hydrogen-bond donors (Lipinski definition) is 1. The number of likely N-dealkylation sites (tertiary alicyclic amines) is 1. The number of hydrogen-bond acceptors (Lipinski definition) is 3. The molecule has 1 aliphatic rings. The summed E-state index contributed by atoms with van der Waals surface area (Å²) in [6.07, 6.45) is 2.16. The largest absolute Gasteiger partial charge is 0.494 e. The molecule has 0 radical (unpaired) electrons. The number of halogens is 1. The minimum Gasteiger partial charge on any atom is -0.494 e. The highest BCUT2D eigenvalue weighted by molar-refractivity contribution is 5.85. The molecule has 1 heterocycles. The molecule has 1 aromatic rings. The predicted molar refractivity (Wildman–Crippen MR) is 77.3 cm³/mol. The van der Waals surface area contributed by atoms with E-state index in [-0.39, 0.29) is 12.4 Å². The molecule has 1 aliphatic heterocycles. The van der Waals surface area contributed by atoms with Crippen molar-refractivity contribution in [2.45, 2.75) is 32.4 Å². The summed E-state index contributed by atoms with van der Waals surface area (Å²) in [5, 5.41) is 0. The van der Waals surface area contributed by atoms with Crippen LogP contribution in [0.1, 0.15) is 25.3 Å². The molecular weight excluding hydrogens is 248 g/mol. The van der Waals surface area contributed by atoms with Gasteiger partial charge < -0.3 is 10.5 Å². The van der Waals surface area contributed by atoms with E-state index in [1.807, 2.05) is 6.07 Å². The van der Waals surface area contributed by atoms with Crippen LogP contribution in [0.5, 0.6) is 5.75 Å². The topological polar surface area (TPSA) is 38.5 Å². The van der Waals surface area contributed by atoms with E-state index in [1.54, 1.807) is 0 Å². The van der Waals surface area contributed by atoms with Gasteiger partial charge in [-0.2, -0.15) is 0 Å². The summed E-state index contributed by atoms with van der Waals surface area (Å²) < 4.78 is 5.64. The van der Waals surface area contributed by atoms with Crippen molar-refractivity contribution in [3.05, 3.63) is 29.8 Å². The molecule has 0 saturated carbocycles. The summed E-state index contributed by atoms with van der Waals surface area (Å²) >= 11 is 0. The zero-order valence-electron chi connectivity index (χ0n) is 11.0. The normalized spacial score (nSPS) is 19.6. The Kier molecular flexibility index (Phi) is 6.47. The Hall–Kier alpha value is -0.770. The first-order valence-corrected chi connectivity index (χ1v) is 6.47. The van der Waals surface area contributed by atoms with Crippen molar-refractivity contribution in [1.29, 1.82) is 0 Å². The summed E-state index contributed by atoms with van der Waals surface area (Å²) in [7, 11) is 0. The summed E-state index contributed by atoms with van der Waals surface area (Å²) in [6, 6.07) is 8.74. The molecule has 1 aromatic carbocycles. The van der Waals surface area contributed by atoms with Crippen LogP contribution in [0.2, 0.25) is 0 Å². The van der Waals surface area contributed by atoms with Crippen molar-refractivity contribution in [2.24, 2.45) is 5.73 Å². The van der Waals surface area contributed by atoms with Gasteiger partial charge in [-0.05, 0) is 30.5 Å². The Labute approximate surface area is 116 Å². The molecule has 2 N–H and O–H groups in total. The monoisotopic (exact) mass is 270 g/mol. The number of benzene rings is 1. The van der Waals surface area contributed by atoms with Crippen LogP contribution in [0, 0.1) is 0 Å². The molecule has 1 unspecified atom stereocenters. The predicted octanol–water partition coefficient (Wildman–Crippen LogP) is 2.43. The van der Waals surface area contributed by atoms with Gasteiger partial charge in [-0.15, -0.1) is 12.4 Å². The highest BCUT2D eigenvalue weighted by Crippen LogP contribution is 2.17. The van der Waals surface area contributed by atoms with E-state index in [1.165, 1.54) is 5.56 Å². The van der Waals surface area contributed by atoms with Gasteiger partial charge in [0.2, 0.25) is 0 Å². The van der Waals surface area contributed by atoms with Gasteiger partial charge in [0.25, 0.3) is 0 Å². The van der Waals surface area contributed by atoms with Gasteiger partial charge in [-0.25, -0.2) is 0 Å². The summed E-state index contributed by atoms with van der Waals surface area (Å²) in [5.41, 5.74) is 7.22. The first-order chi connectivity index (χ1) is 8.28. The van der Waals surface area contributed by atoms with E-state index in [0.29, 0.717) is 6.04 Å². The fourth-order valence-electron chi connectivity index (χ4n) is 2.22. The number of nitrogens with two attached hydrogens (primary N) is 1. The van der Waals surface area contributed by atoms with Gasteiger partial charge in [0.05, 0.1) is 6.61 Å². The molecule has 3 nitrogen and oxygen atoms in total. The van der Waals surface area contributed by atoms with Crippen molar-refractivity contribution in [3.8, 4) is 5.75 Å². The molecular formula is C14H23ClN2O. The van der Waals surface area contributed by atoms with E-state index in [4.69, 9.17) is 10.5 Å². The fraction of sp³-hybridized carbons (Fsp3) is 0.571. The lowest BCUT2D eigenvalue weighted by Crippen LogP contribution is -2.26. The molecule has 2 rings (SSSR count). The quantitative estimate of drug-likeness (QED) is 0.893. The number of nitrogens with zero attached hydrogens (tertiary/aromatic N) is 1. The Bertz CT molecular complexity index is 359. The fourth-order valence-corrected chi connectivity index (χ4v) is 2.22. The lowest BCUT2D eigenvalue weighted by Gasteiger charge is -2.15. The molecule has 18 heavy (non-hydrogen) atoms. The Morgan fingerprint density at radius 2 is 2.28 bits per heavy atom. The smallest absolute Gasteiger partial charge is 0.119 e. The lowest BCUT2D eigenvalue weighted by molar-refractivity contribution is 0.312. The third-order valence-corrected chi connectivity index (χ3v) is 3.09. The Morgan fingerprint density at radius 3 is 2.94 bits per heavy atom. The first-order valence-electron chi connectivity index (χ1n) is 6.47. The van der Waals surface area contributed by atoms with Crippen LogP contribution in [-0.4, -0.2) is 30.6 Å². The molecule has 1 atom stereocenters. The zero-order chi connectivity index (χ0) is 12.1. The summed E-state index contributed by atoms with van der Waals surface area (Å²) in [4.78, 5) is 2.41. The third-order valence-electron chi connectivity index (χ3n) is 3.09. The summed E-state index contributed by atoms with van der Waals surface area (Å²) in [6.45, 7) is 6.02. The van der Waals surface area contributed by atoms with Gasteiger partial charge in [0, 0.05) is 25.7 Å². The minimum atomic E-state index is 0. The van der Waals surface area contributed by atoms with Crippen LogP contribution in [0.3, 0.4) is 0 Å². The zero-order valence-corrected chi connectivity index (χ0v) is 11.8. The molecule has 0 amide bonds. The van der Waals surface area contributed by atoms with Gasteiger partial charge in [0.15, 0.2) is 0 Å². The number of ether oxygens (including phenoxy) is 1. The van der Waals surface area contributed by atoms with Crippen LogP contribution in [0.25, 0.3) is 0 Å². The number of rotatable bonds is 5. The molecule has 0 spiro atoms. The van der Waals surface area contributed by atoms with Gasteiger partial charge in [-0.1, -0.05) is 19.1 Å². The van der Waals surface area contributed by atoms with Crippen molar-refractivity contribution in [3.63, 3.8) is 0 Å². The molecule has 4 heteroatoms. The highest BCUT2D eigenvalue weighted by Gasteiger charge is 2.18. The maximum absolute atomic E-state index is 5.91. The molecule has 0 aromatic heterocycles. The van der Waals surface area contributed by atoms with E-state index < -0.39 is 0 Å². The van der Waals surface area contributed by atoms with Crippen molar-refractivity contribution in [2.75, 3.05) is 19.7 Å². The van der Waals surface area contributed by atoms with Crippen LogP contribution in [-0.2, 0) is 6.54 Å².